The molecule has 32 heavy (non-hydrogen) atoms. The minimum atomic E-state index is -7.36. The van der Waals surface area contributed by atoms with Gasteiger partial charge in [-0.3, -0.25) is 4.79 Å². The Morgan fingerprint density at radius 2 is 1.28 bits per heavy atom. The number of halogens is 9. The van der Waals surface area contributed by atoms with Gasteiger partial charge >= 0.3 is 33.4 Å². The van der Waals surface area contributed by atoms with Gasteiger partial charge in [-0.25, -0.2) is 3.63 Å². The largest absolute Gasteiger partial charge is 0.460 e. The van der Waals surface area contributed by atoms with Crippen molar-refractivity contribution in [3.05, 3.63) is 0 Å². The second-order valence-electron chi connectivity index (χ2n) is 8.11. The first kappa shape index (κ1) is 27.5. The van der Waals surface area contributed by atoms with Crippen molar-refractivity contribution >= 4 is 26.2 Å². The average Bonchev–Trinajstić information content (AvgIpc) is 2.67. The second kappa shape index (κ2) is 8.82. The minimum Gasteiger partial charge on any atom is -0.298 e. The van der Waals surface area contributed by atoms with E-state index in [9.17, 15) is 52.7 Å². The topological polar surface area (TPSA) is 60.4 Å². The summed E-state index contributed by atoms with van der Waals surface area (Å²) in [6.45, 7) is 0. The van der Waals surface area contributed by atoms with E-state index in [-0.39, 0.29) is 25.7 Å². The smallest absolute Gasteiger partial charge is 0.298 e. The van der Waals surface area contributed by atoms with Crippen molar-refractivity contribution in [1.82, 2.24) is 0 Å². The Hall–Kier alpha value is -0.700. The van der Waals surface area contributed by atoms with E-state index in [0.717, 1.165) is 6.26 Å². The zero-order valence-corrected chi connectivity index (χ0v) is 18.5. The van der Waals surface area contributed by atoms with Gasteiger partial charge in [0.15, 0.2) is 0 Å². The molecule has 190 valence electrons. The summed E-state index contributed by atoms with van der Waals surface area (Å²) in [6, 6.07) is 0. The molecule has 0 aliphatic heterocycles. The van der Waals surface area contributed by atoms with Gasteiger partial charge in [0.2, 0.25) is 0 Å². The number of ketones is 1. The predicted molar refractivity (Wildman–Crippen MR) is 98.6 cm³/mol. The fourth-order valence-corrected chi connectivity index (χ4v) is 10.2. The Kier molecular flexibility index (Phi) is 7.59. The van der Waals surface area contributed by atoms with E-state index in [1.54, 1.807) is 0 Å². The highest BCUT2D eigenvalue weighted by Crippen LogP contribution is 2.64. The zero-order chi connectivity index (χ0) is 24.8. The van der Waals surface area contributed by atoms with Gasteiger partial charge in [0.25, 0.3) is 0 Å². The van der Waals surface area contributed by atoms with Crippen LogP contribution in [0.25, 0.3) is 0 Å². The van der Waals surface area contributed by atoms with E-state index in [2.05, 4.69) is 3.63 Å². The molecule has 2 fully saturated rings. The summed E-state index contributed by atoms with van der Waals surface area (Å²) >= 11 is 0. The molecule has 0 aromatic carbocycles. The molecular formula is C17H23F9O4S2. The van der Waals surface area contributed by atoms with Gasteiger partial charge in [0, 0.05) is 11.7 Å². The van der Waals surface area contributed by atoms with Crippen LogP contribution in [0.5, 0.6) is 0 Å². The van der Waals surface area contributed by atoms with Crippen LogP contribution in [0.3, 0.4) is 0 Å². The van der Waals surface area contributed by atoms with E-state index in [1.165, 1.54) is 0 Å². The van der Waals surface area contributed by atoms with Crippen LogP contribution < -0.4 is 0 Å². The number of carbonyl (C=O) groups excluding carboxylic acids is 1. The standard InChI is InChI=1S/C17H23F9O4S2/c1-31(11-7-3-2-4-8-11,13-10-6-5-9-12(13)27)30-32(28,29)17(25,26)15(20,21)14(18,19)16(22,23)24/h11,13H,2-10H2,1H3. The molecule has 0 aromatic heterocycles. The van der Waals surface area contributed by atoms with E-state index in [4.69, 9.17) is 0 Å². The minimum absolute atomic E-state index is 0.0113. The number of alkyl halides is 9. The molecule has 2 unspecified atom stereocenters. The van der Waals surface area contributed by atoms with Crippen molar-refractivity contribution in [2.75, 3.05) is 6.26 Å². The van der Waals surface area contributed by atoms with Gasteiger partial charge in [-0.2, -0.15) is 47.9 Å². The summed E-state index contributed by atoms with van der Waals surface area (Å²) in [5.41, 5.74) is 0. The van der Waals surface area contributed by atoms with Crippen LogP contribution in [0.1, 0.15) is 57.8 Å². The highest BCUT2D eigenvalue weighted by molar-refractivity contribution is 8.33. The molecule has 0 heterocycles. The van der Waals surface area contributed by atoms with Gasteiger partial charge in [-0.15, -0.1) is 10.3 Å². The lowest BCUT2D eigenvalue weighted by Gasteiger charge is -2.49. The Balaban J connectivity index is 2.52. The SMILES string of the molecule is CS(OS(=O)(=O)C(F)(F)C(F)(F)C(F)(F)C(F)(F)F)(C1CCCCC1)C1CCCCC1=O. The number of Topliss-reactive ketones (excluding diaryl/α,β-unsaturated/α-hetero) is 1. The molecule has 2 aliphatic rings. The lowest BCUT2D eigenvalue weighted by Crippen LogP contribution is -2.63. The predicted octanol–water partition coefficient (Wildman–Crippen LogP) is 5.95. The Bertz CT molecular complexity index is 807. The molecule has 0 spiro atoms. The van der Waals surface area contributed by atoms with E-state index in [1.807, 2.05) is 0 Å². The summed E-state index contributed by atoms with van der Waals surface area (Å²) in [5.74, 6) is -15.3. The van der Waals surface area contributed by atoms with Crippen LogP contribution in [-0.4, -0.2) is 54.2 Å². The van der Waals surface area contributed by atoms with Crippen molar-refractivity contribution < 1.29 is 56.4 Å². The molecule has 0 saturated heterocycles. The van der Waals surface area contributed by atoms with Crippen molar-refractivity contribution in [2.45, 2.75) is 91.6 Å². The zero-order valence-electron chi connectivity index (χ0n) is 16.9. The first-order chi connectivity index (χ1) is 14.3. The molecule has 2 atom stereocenters. The molecule has 0 amide bonds. The van der Waals surface area contributed by atoms with E-state index >= 15 is 0 Å². The Morgan fingerprint density at radius 1 is 0.781 bits per heavy atom. The molecule has 15 heteroatoms. The normalized spacial score (nSPS) is 25.9. The molecule has 2 rings (SSSR count). The first-order valence-corrected chi connectivity index (χ1v) is 13.3. The maximum absolute atomic E-state index is 14.3. The summed E-state index contributed by atoms with van der Waals surface area (Å²) in [6.07, 6.45) is -3.23. The van der Waals surface area contributed by atoms with Gasteiger partial charge in [0.1, 0.15) is 5.78 Å². The van der Waals surface area contributed by atoms with Crippen LogP contribution in [0.2, 0.25) is 0 Å². The molecule has 2 aliphatic carbocycles. The Morgan fingerprint density at radius 3 is 1.75 bits per heavy atom. The van der Waals surface area contributed by atoms with Crippen LogP contribution in [0.4, 0.5) is 39.5 Å². The molecule has 0 bridgehead atoms. The number of carbonyl (C=O) groups is 1. The lowest BCUT2D eigenvalue weighted by atomic mass is 9.99. The van der Waals surface area contributed by atoms with Crippen LogP contribution >= 0.6 is 10.3 Å². The lowest BCUT2D eigenvalue weighted by molar-refractivity contribution is -0.382. The Labute approximate surface area is 180 Å². The van der Waals surface area contributed by atoms with Crippen LogP contribution in [0, 0.1) is 0 Å². The molecule has 0 N–H and O–H groups in total. The number of hydrogen-bond acceptors (Lipinski definition) is 4. The van der Waals surface area contributed by atoms with E-state index in [0.29, 0.717) is 32.1 Å². The van der Waals surface area contributed by atoms with Gasteiger partial charge < -0.3 is 0 Å². The van der Waals surface area contributed by atoms with Crippen molar-refractivity contribution in [3.63, 3.8) is 0 Å². The summed E-state index contributed by atoms with van der Waals surface area (Å²) in [7, 11) is -10.5. The maximum Gasteiger partial charge on any atom is 0.460 e. The van der Waals surface area contributed by atoms with Crippen LogP contribution in [0.15, 0.2) is 0 Å². The highest BCUT2D eigenvalue weighted by Gasteiger charge is 2.86. The van der Waals surface area contributed by atoms with Gasteiger partial charge in [-0.1, -0.05) is 25.7 Å². The van der Waals surface area contributed by atoms with Crippen molar-refractivity contribution in [1.29, 1.82) is 0 Å². The number of rotatable bonds is 7. The molecule has 2 saturated carbocycles. The van der Waals surface area contributed by atoms with E-state index < -0.39 is 60.0 Å². The second-order valence-corrected chi connectivity index (χ2v) is 13.2. The average molecular weight is 526 g/mol. The molecule has 0 radical (unpaired) electrons. The first-order valence-electron chi connectivity index (χ1n) is 9.77. The molecule has 4 nitrogen and oxygen atoms in total. The quantitative estimate of drug-likeness (QED) is 0.385. The third-order valence-corrected chi connectivity index (χ3v) is 12.1. The van der Waals surface area contributed by atoms with Gasteiger partial charge in [0.05, 0.1) is 5.25 Å². The fraction of sp³-hybridized carbons (Fsp3) is 0.941. The highest BCUT2D eigenvalue weighted by atomic mass is 32.3. The number of hydrogen-bond donors (Lipinski definition) is 0. The summed E-state index contributed by atoms with van der Waals surface area (Å²) in [4.78, 5) is 12.4. The van der Waals surface area contributed by atoms with Crippen molar-refractivity contribution in [2.24, 2.45) is 0 Å². The third-order valence-electron chi connectivity index (χ3n) is 5.94. The molecule has 0 aromatic rings. The van der Waals surface area contributed by atoms with Gasteiger partial charge in [-0.05, 0) is 31.9 Å². The maximum atomic E-state index is 14.3. The summed E-state index contributed by atoms with van der Waals surface area (Å²) < 4.78 is 149. The van der Waals surface area contributed by atoms with Crippen LogP contribution in [-0.2, 0) is 18.5 Å². The van der Waals surface area contributed by atoms with Crippen molar-refractivity contribution in [3.8, 4) is 0 Å². The molecular weight excluding hydrogens is 503 g/mol. The monoisotopic (exact) mass is 526 g/mol. The summed E-state index contributed by atoms with van der Waals surface area (Å²) in [5, 5.41) is -8.95. The third kappa shape index (κ3) is 4.49. The fourth-order valence-electron chi connectivity index (χ4n) is 4.07.